The number of halogens is 3. The maximum Gasteiger partial charge on any atom is 0.416 e. The van der Waals surface area contributed by atoms with E-state index in [0.29, 0.717) is 5.69 Å². The molecule has 0 fully saturated rings. The Balaban J connectivity index is 2.83. The van der Waals surface area contributed by atoms with E-state index in [1.807, 2.05) is 0 Å². The molecule has 0 atom stereocenters. The standard InChI is InChI=1S/C13H18F3N3O/c1-12(2,11(20)18-3)7-19-10-5-4-8(6-9(10)17)13(14,15)16/h4-6,19H,7,17H2,1-3H3,(H,18,20). The van der Waals surface area contributed by atoms with E-state index in [1.165, 1.54) is 13.1 Å². The second-order valence-corrected chi connectivity index (χ2v) is 5.12. The number of benzene rings is 1. The van der Waals surface area contributed by atoms with Gasteiger partial charge in [0.1, 0.15) is 0 Å². The minimum Gasteiger partial charge on any atom is -0.397 e. The molecule has 0 aliphatic carbocycles. The summed E-state index contributed by atoms with van der Waals surface area (Å²) in [5.41, 5.74) is 4.45. The number of hydrogen-bond acceptors (Lipinski definition) is 3. The van der Waals surface area contributed by atoms with Gasteiger partial charge < -0.3 is 16.4 Å². The van der Waals surface area contributed by atoms with Crippen molar-refractivity contribution in [2.24, 2.45) is 5.41 Å². The van der Waals surface area contributed by atoms with Gasteiger partial charge in [0.05, 0.1) is 22.4 Å². The Labute approximate surface area is 115 Å². The molecule has 0 radical (unpaired) electrons. The lowest BCUT2D eigenvalue weighted by Crippen LogP contribution is -2.39. The first-order chi connectivity index (χ1) is 9.08. The summed E-state index contributed by atoms with van der Waals surface area (Å²) in [5.74, 6) is -0.171. The third kappa shape index (κ3) is 3.79. The molecule has 0 aliphatic rings. The molecule has 0 bridgehead atoms. The zero-order valence-corrected chi connectivity index (χ0v) is 11.6. The molecule has 1 aromatic rings. The maximum absolute atomic E-state index is 12.5. The van der Waals surface area contributed by atoms with Crippen LogP contribution in [0.25, 0.3) is 0 Å². The molecule has 112 valence electrons. The zero-order valence-electron chi connectivity index (χ0n) is 11.6. The van der Waals surface area contributed by atoms with Crippen molar-refractivity contribution in [3.63, 3.8) is 0 Å². The van der Waals surface area contributed by atoms with Crippen molar-refractivity contribution in [1.82, 2.24) is 5.32 Å². The van der Waals surface area contributed by atoms with E-state index in [-0.39, 0.29) is 18.1 Å². The van der Waals surface area contributed by atoms with Crippen LogP contribution < -0.4 is 16.4 Å². The van der Waals surface area contributed by atoms with Crippen LogP contribution in [0, 0.1) is 5.41 Å². The fourth-order valence-corrected chi connectivity index (χ4v) is 1.63. The van der Waals surface area contributed by atoms with Crippen molar-refractivity contribution in [3.8, 4) is 0 Å². The second kappa shape index (κ2) is 5.60. The van der Waals surface area contributed by atoms with Crippen LogP contribution in [0.2, 0.25) is 0 Å². The summed E-state index contributed by atoms with van der Waals surface area (Å²) >= 11 is 0. The summed E-state index contributed by atoms with van der Waals surface area (Å²) in [7, 11) is 1.52. The first kappa shape index (κ1) is 16.1. The number of nitrogens with one attached hydrogen (secondary N) is 2. The molecule has 0 heterocycles. The fraction of sp³-hybridized carbons (Fsp3) is 0.462. The quantitative estimate of drug-likeness (QED) is 0.746. The van der Waals surface area contributed by atoms with Gasteiger partial charge in [-0.05, 0) is 32.0 Å². The zero-order chi connectivity index (χ0) is 15.6. The number of carbonyl (C=O) groups is 1. The molecule has 0 saturated carbocycles. The lowest BCUT2D eigenvalue weighted by molar-refractivity contribution is -0.137. The lowest BCUT2D eigenvalue weighted by Gasteiger charge is -2.24. The van der Waals surface area contributed by atoms with Gasteiger partial charge in [-0.15, -0.1) is 0 Å². The average molecular weight is 289 g/mol. The SMILES string of the molecule is CNC(=O)C(C)(C)CNc1ccc(C(F)(F)F)cc1N. The molecule has 4 nitrogen and oxygen atoms in total. The second-order valence-electron chi connectivity index (χ2n) is 5.12. The Morgan fingerprint density at radius 2 is 1.90 bits per heavy atom. The van der Waals surface area contributed by atoms with Crippen LogP contribution in [0.5, 0.6) is 0 Å². The molecule has 20 heavy (non-hydrogen) atoms. The molecule has 1 aromatic carbocycles. The lowest BCUT2D eigenvalue weighted by atomic mass is 9.92. The third-order valence-electron chi connectivity index (χ3n) is 2.94. The van der Waals surface area contributed by atoms with Crippen LogP contribution >= 0.6 is 0 Å². The highest BCUT2D eigenvalue weighted by Crippen LogP contribution is 2.33. The van der Waals surface area contributed by atoms with Crippen molar-refractivity contribution in [3.05, 3.63) is 23.8 Å². The Morgan fingerprint density at radius 1 is 1.30 bits per heavy atom. The van der Waals surface area contributed by atoms with Crippen LogP contribution in [0.3, 0.4) is 0 Å². The van der Waals surface area contributed by atoms with Gasteiger partial charge in [0.15, 0.2) is 0 Å². The van der Waals surface area contributed by atoms with E-state index in [0.717, 1.165) is 12.1 Å². The van der Waals surface area contributed by atoms with Gasteiger partial charge in [0.2, 0.25) is 5.91 Å². The minimum absolute atomic E-state index is 0.00692. The highest BCUT2D eigenvalue weighted by molar-refractivity contribution is 5.82. The molecule has 1 rings (SSSR count). The number of nitrogens with two attached hydrogens (primary N) is 1. The molecule has 1 amide bonds. The van der Waals surface area contributed by atoms with E-state index < -0.39 is 17.2 Å². The Bertz CT molecular complexity index is 498. The number of rotatable bonds is 4. The fourth-order valence-electron chi connectivity index (χ4n) is 1.63. The Hall–Kier alpha value is -1.92. The predicted molar refractivity (Wildman–Crippen MR) is 72.2 cm³/mol. The Morgan fingerprint density at radius 3 is 2.35 bits per heavy atom. The average Bonchev–Trinajstić information content (AvgIpc) is 2.35. The summed E-state index contributed by atoms with van der Waals surface area (Å²) in [4.78, 5) is 11.6. The molecule has 0 aliphatic heterocycles. The number of hydrogen-bond donors (Lipinski definition) is 3. The molecule has 0 spiro atoms. The Kier molecular flexibility index (Phi) is 4.52. The van der Waals surface area contributed by atoms with Gasteiger partial charge >= 0.3 is 6.18 Å². The van der Waals surface area contributed by atoms with Gasteiger partial charge in [0.25, 0.3) is 0 Å². The molecule has 7 heteroatoms. The molecular weight excluding hydrogens is 271 g/mol. The molecule has 4 N–H and O–H groups in total. The summed E-state index contributed by atoms with van der Waals surface area (Å²) in [6.45, 7) is 3.69. The van der Waals surface area contributed by atoms with E-state index in [1.54, 1.807) is 13.8 Å². The summed E-state index contributed by atoms with van der Waals surface area (Å²) < 4.78 is 37.5. The largest absolute Gasteiger partial charge is 0.416 e. The van der Waals surface area contributed by atoms with E-state index in [2.05, 4.69) is 10.6 Å². The van der Waals surface area contributed by atoms with Crippen molar-refractivity contribution in [2.75, 3.05) is 24.6 Å². The third-order valence-corrected chi connectivity index (χ3v) is 2.94. The number of carbonyl (C=O) groups excluding carboxylic acids is 1. The van der Waals surface area contributed by atoms with Crippen LogP contribution in [-0.2, 0) is 11.0 Å². The van der Waals surface area contributed by atoms with Crippen molar-refractivity contribution in [2.45, 2.75) is 20.0 Å². The van der Waals surface area contributed by atoms with Gasteiger partial charge in [-0.2, -0.15) is 13.2 Å². The van der Waals surface area contributed by atoms with Crippen LogP contribution in [0.4, 0.5) is 24.5 Å². The van der Waals surface area contributed by atoms with E-state index in [4.69, 9.17) is 5.73 Å². The molecule has 0 saturated heterocycles. The highest BCUT2D eigenvalue weighted by Gasteiger charge is 2.31. The van der Waals surface area contributed by atoms with Gasteiger partial charge in [0, 0.05) is 13.6 Å². The molecular formula is C13H18F3N3O. The normalized spacial score (nSPS) is 12.1. The monoisotopic (exact) mass is 289 g/mol. The topological polar surface area (TPSA) is 67.2 Å². The maximum atomic E-state index is 12.5. The predicted octanol–water partition coefficient (Wildman–Crippen LogP) is 2.47. The summed E-state index contributed by atoms with van der Waals surface area (Å²) in [6.07, 6.45) is -4.42. The van der Waals surface area contributed by atoms with E-state index in [9.17, 15) is 18.0 Å². The van der Waals surface area contributed by atoms with Crippen molar-refractivity contribution in [1.29, 1.82) is 0 Å². The number of amides is 1. The summed E-state index contributed by atoms with van der Waals surface area (Å²) in [5, 5.41) is 5.42. The molecule has 0 unspecified atom stereocenters. The smallest absolute Gasteiger partial charge is 0.397 e. The first-order valence-corrected chi connectivity index (χ1v) is 6.00. The number of anilines is 2. The van der Waals surface area contributed by atoms with Gasteiger partial charge in [-0.3, -0.25) is 4.79 Å². The van der Waals surface area contributed by atoms with Crippen LogP contribution in [0.1, 0.15) is 19.4 Å². The van der Waals surface area contributed by atoms with Gasteiger partial charge in [-0.1, -0.05) is 0 Å². The van der Waals surface area contributed by atoms with Crippen LogP contribution in [0.15, 0.2) is 18.2 Å². The van der Waals surface area contributed by atoms with E-state index >= 15 is 0 Å². The molecule has 0 aromatic heterocycles. The number of nitrogen functional groups attached to an aromatic ring is 1. The van der Waals surface area contributed by atoms with Crippen molar-refractivity contribution < 1.29 is 18.0 Å². The highest BCUT2D eigenvalue weighted by atomic mass is 19.4. The van der Waals surface area contributed by atoms with Gasteiger partial charge in [-0.25, -0.2) is 0 Å². The number of alkyl halides is 3. The first-order valence-electron chi connectivity index (χ1n) is 6.00. The van der Waals surface area contributed by atoms with Crippen LogP contribution in [-0.4, -0.2) is 19.5 Å². The summed E-state index contributed by atoms with van der Waals surface area (Å²) in [6, 6.07) is 3.08. The van der Waals surface area contributed by atoms with Crippen molar-refractivity contribution >= 4 is 17.3 Å². The minimum atomic E-state index is -4.42.